The van der Waals surface area contributed by atoms with E-state index in [4.69, 9.17) is 4.74 Å². The Hall–Kier alpha value is -1.42. The highest BCUT2D eigenvalue weighted by Crippen LogP contribution is 2.23. The van der Waals surface area contributed by atoms with E-state index in [-0.39, 0.29) is 10.6 Å². The molecule has 0 radical (unpaired) electrons. The summed E-state index contributed by atoms with van der Waals surface area (Å²) in [6, 6.07) is 5.31. The van der Waals surface area contributed by atoms with Crippen molar-refractivity contribution in [1.29, 1.82) is 0 Å². The third-order valence-corrected chi connectivity index (χ3v) is 2.40. The third-order valence-electron chi connectivity index (χ3n) is 2.40. The number of nitro benzene ring substituents is 1. The van der Waals surface area contributed by atoms with Gasteiger partial charge in [-0.15, -0.1) is 0 Å². The molecule has 0 aromatic heterocycles. The lowest BCUT2D eigenvalue weighted by molar-refractivity contribution is -0.386. The van der Waals surface area contributed by atoms with Crippen molar-refractivity contribution >= 4 is 5.69 Å². The minimum Gasteiger partial charge on any atom is -0.377 e. The van der Waals surface area contributed by atoms with E-state index < -0.39 is 0 Å². The number of para-hydroxylation sites is 1. The number of unbranched alkanes of at least 4 members (excludes halogenated alkanes) is 1. The minimum atomic E-state index is -0.339. The summed E-state index contributed by atoms with van der Waals surface area (Å²) < 4.78 is 5.40. The molecule has 1 aromatic carbocycles. The predicted molar refractivity (Wildman–Crippen MR) is 62.4 cm³/mol. The number of hydrogen-bond donors (Lipinski definition) is 0. The van der Waals surface area contributed by atoms with Crippen LogP contribution in [0.25, 0.3) is 0 Å². The lowest BCUT2D eigenvalue weighted by Gasteiger charge is -2.06. The van der Waals surface area contributed by atoms with Crippen LogP contribution in [0.1, 0.15) is 30.9 Å². The van der Waals surface area contributed by atoms with Gasteiger partial charge in [0.15, 0.2) is 0 Å². The number of ether oxygens (including phenoxy) is 1. The summed E-state index contributed by atoms with van der Waals surface area (Å²) in [5.74, 6) is 0. The maximum atomic E-state index is 10.9. The molecular formula is C12H17NO3. The number of nitro groups is 1. The average molecular weight is 223 g/mol. The molecular weight excluding hydrogens is 206 g/mol. The molecule has 0 aliphatic carbocycles. The van der Waals surface area contributed by atoms with E-state index in [1.54, 1.807) is 19.1 Å². The molecule has 0 fully saturated rings. The predicted octanol–water partition coefficient (Wildman–Crippen LogP) is 3.22. The first-order chi connectivity index (χ1) is 7.66. The standard InChI is InChI=1S/C12H17NO3/c1-3-4-8-16-9-11-7-5-6-10(2)12(11)13(14)15/h5-7H,3-4,8-9H2,1-2H3. The van der Waals surface area contributed by atoms with Crippen LogP contribution in [-0.2, 0) is 11.3 Å². The van der Waals surface area contributed by atoms with Crippen molar-refractivity contribution in [3.8, 4) is 0 Å². The first-order valence-corrected chi connectivity index (χ1v) is 5.47. The molecule has 0 aliphatic heterocycles. The van der Waals surface area contributed by atoms with Crippen LogP contribution in [0.2, 0.25) is 0 Å². The Morgan fingerprint density at radius 3 is 2.81 bits per heavy atom. The molecule has 88 valence electrons. The first-order valence-electron chi connectivity index (χ1n) is 5.47. The van der Waals surface area contributed by atoms with E-state index in [1.165, 1.54) is 0 Å². The number of hydrogen-bond acceptors (Lipinski definition) is 3. The molecule has 0 atom stereocenters. The van der Waals surface area contributed by atoms with Gasteiger partial charge in [-0.3, -0.25) is 10.1 Å². The van der Waals surface area contributed by atoms with Gasteiger partial charge in [-0.2, -0.15) is 0 Å². The Morgan fingerprint density at radius 2 is 2.19 bits per heavy atom. The van der Waals surface area contributed by atoms with Crippen LogP contribution in [0, 0.1) is 17.0 Å². The van der Waals surface area contributed by atoms with Crippen molar-refractivity contribution in [2.75, 3.05) is 6.61 Å². The molecule has 0 amide bonds. The number of benzene rings is 1. The van der Waals surface area contributed by atoms with Gasteiger partial charge < -0.3 is 4.74 Å². The lowest BCUT2D eigenvalue weighted by atomic mass is 10.1. The second kappa shape index (κ2) is 6.23. The van der Waals surface area contributed by atoms with Crippen molar-refractivity contribution in [1.82, 2.24) is 0 Å². The van der Waals surface area contributed by atoms with Crippen molar-refractivity contribution in [3.63, 3.8) is 0 Å². The number of aryl methyl sites for hydroxylation is 1. The highest BCUT2D eigenvalue weighted by atomic mass is 16.6. The molecule has 4 nitrogen and oxygen atoms in total. The van der Waals surface area contributed by atoms with Gasteiger partial charge in [0.2, 0.25) is 0 Å². The summed E-state index contributed by atoms with van der Waals surface area (Å²) in [6.07, 6.45) is 2.05. The van der Waals surface area contributed by atoms with E-state index >= 15 is 0 Å². The zero-order valence-electron chi connectivity index (χ0n) is 9.73. The highest BCUT2D eigenvalue weighted by Gasteiger charge is 2.16. The van der Waals surface area contributed by atoms with Gasteiger partial charge in [0, 0.05) is 12.2 Å². The Labute approximate surface area is 95.4 Å². The van der Waals surface area contributed by atoms with Crippen molar-refractivity contribution in [3.05, 3.63) is 39.4 Å². The number of nitrogens with zero attached hydrogens (tertiary/aromatic N) is 1. The zero-order valence-corrected chi connectivity index (χ0v) is 9.73. The van der Waals surface area contributed by atoms with Crippen LogP contribution < -0.4 is 0 Å². The van der Waals surface area contributed by atoms with E-state index in [9.17, 15) is 10.1 Å². The van der Waals surface area contributed by atoms with Crippen LogP contribution in [0.15, 0.2) is 18.2 Å². The average Bonchev–Trinajstić information content (AvgIpc) is 2.24. The summed E-state index contributed by atoms with van der Waals surface area (Å²) >= 11 is 0. The van der Waals surface area contributed by atoms with Crippen LogP contribution >= 0.6 is 0 Å². The molecule has 0 spiro atoms. The number of rotatable bonds is 6. The van der Waals surface area contributed by atoms with Crippen molar-refractivity contribution in [2.24, 2.45) is 0 Å². The summed E-state index contributed by atoms with van der Waals surface area (Å²) in [5.41, 5.74) is 1.52. The molecule has 1 aromatic rings. The van der Waals surface area contributed by atoms with Gasteiger partial charge in [0.1, 0.15) is 0 Å². The topological polar surface area (TPSA) is 52.4 Å². The molecule has 0 aliphatic rings. The van der Waals surface area contributed by atoms with E-state index in [0.717, 1.165) is 12.8 Å². The fourth-order valence-corrected chi connectivity index (χ4v) is 1.53. The quantitative estimate of drug-likeness (QED) is 0.422. The van der Waals surface area contributed by atoms with E-state index in [2.05, 4.69) is 6.92 Å². The molecule has 0 N–H and O–H groups in total. The SMILES string of the molecule is CCCCOCc1cccc(C)c1[N+](=O)[O-]. The fraction of sp³-hybridized carbons (Fsp3) is 0.500. The van der Waals surface area contributed by atoms with Crippen molar-refractivity contribution < 1.29 is 9.66 Å². The van der Waals surface area contributed by atoms with Gasteiger partial charge >= 0.3 is 0 Å². The summed E-state index contributed by atoms with van der Waals surface area (Å²) in [7, 11) is 0. The second-order valence-corrected chi connectivity index (χ2v) is 3.75. The van der Waals surface area contributed by atoms with Crippen molar-refractivity contribution in [2.45, 2.75) is 33.3 Å². The fourth-order valence-electron chi connectivity index (χ4n) is 1.53. The Balaban J connectivity index is 2.71. The smallest absolute Gasteiger partial charge is 0.277 e. The normalized spacial score (nSPS) is 10.4. The summed E-state index contributed by atoms with van der Waals surface area (Å²) in [4.78, 5) is 10.5. The van der Waals surface area contributed by atoms with Gasteiger partial charge in [-0.05, 0) is 19.4 Å². The van der Waals surface area contributed by atoms with Crippen LogP contribution in [0.4, 0.5) is 5.69 Å². The van der Waals surface area contributed by atoms with Gasteiger partial charge in [0.05, 0.1) is 17.1 Å². The molecule has 16 heavy (non-hydrogen) atoms. The molecule has 0 unspecified atom stereocenters. The minimum absolute atomic E-state index is 0.180. The highest BCUT2D eigenvalue weighted by molar-refractivity contribution is 5.46. The second-order valence-electron chi connectivity index (χ2n) is 3.75. The molecule has 0 saturated heterocycles. The van der Waals surface area contributed by atoms with E-state index in [1.807, 2.05) is 6.07 Å². The first kappa shape index (κ1) is 12.6. The van der Waals surface area contributed by atoms with Gasteiger partial charge in [-0.1, -0.05) is 25.5 Å². The van der Waals surface area contributed by atoms with E-state index in [0.29, 0.717) is 24.3 Å². The monoisotopic (exact) mass is 223 g/mol. The Bertz CT molecular complexity index is 363. The lowest BCUT2D eigenvalue weighted by Crippen LogP contribution is -2.01. The largest absolute Gasteiger partial charge is 0.377 e. The summed E-state index contributed by atoms with van der Waals surface area (Å²) in [5, 5.41) is 10.9. The third kappa shape index (κ3) is 3.31. The Morgan fingerprint density at radius 1 is 1.44 bits per heavy atom. The van der Waals surface area contributed by atoms with Crippen LogP contribution in [0.5, 0.6) is 0 Å². The zero-order chi connectivity index (χ0) is 12.0. The maximum absolute atomic E-state index is 10.9. The Kier molecular flexibility index (Phi) is 4.92. The molecule has 4 heteroatoms. The molecule has 0 heterocycles. The molecule has 1 rings (SSSR count). The summed E-state index contributed by atoms with van der Waals surface area (Å²) in [6.45, 7) is 4.80. The van der Waals surface area contributed by atoms with Crippen LogP contribution in [-0.4, -0.2) is 11.5 Å². The molecule has 0 bridgehead atoms. The molecule has 0 saturated carbocycles. The van der Waals surface area contributed by atoms with Gasteiger partial charge in [0.25, 0.3) is 5.69 Å². The van der Waals surface area contributed by atoms with Crippen LogP contribution in [0.3, 0.4) is 0 Å². The van der Waals surface area contributed by atoms with Gasteiger partial charge in [-0.25, -0.2) is 0 Å². The maximum Gasteiger partial charge on any atom is 0.277 e.